The summed E-state index contributed by atoms with van der Waals surface area (Å²) in [4.78, 5) is 30.1. The number of nitro benzene ring substituents is 1. The van der Waals surface area contributed by atoms with Crippen LogP contribution in [0.4, 0.5) is 5.69 Å². The number of para-hydroxylation sites is 1. The maximum Gasteiger partial charge on any atom is 0.293 e. The molecule has 3 aromatic rings. The van der Waals surface area contributed by atoms with E-state index in [2.05, 4.69) is 19.9 Å². The molecule has 2 aromatic heterocycles. The zero-order valence-corrected chi connectivity index (χ0v) is 12.8. The van der Waals surface area contributed by atoms with Crippen LogP contribution in [0, 0.1) is 10.1 Å². The predicted octanol–water partition coefficient (Wildman–Crippen LogP) is 2.15. The lowest BCUT2D eigenvalue weighted by Gasteiger charge is -2.06. The third-order valence-electron chi connectivity index (χ3n) is 4.31. The standard InChI is InChI=1S/C16H15N5O3/c22-16(18-9-11-8-17-14-5-2-6-20(11)14)12-7-10-3-1-4-13(21(23)24)15(10)19-12/h1,3-4,7-8,19H,2,5-6,9H2,(H,18,22). The summed E-state index contributed by atoms with van der Waals surface area (Å²) in [6.07, 6.45) is 3.83. The van der Waals surface area contributed by atoms with Crippen LogP contribution in [0.3, 0.4) is 0 Å². The summed E-state index contributed by atoms with van der Waals surface area (Å²) >= 11 is 0. The zero-order chi connectivity index (χ0) is 16.7. The number of non-ortho nitro benzene ring substituents is 1. The van der Waals surface area contributed by atoms with Gasteiger partial charge in [-0.3, -0.25) is 14.9 Å². The van der Waals surface area contributed by atoms with Gasteiger partial charge >= 0.3 is 0 Å². The monoisotopic (exact) mass is 325 g/mol. The first-order chi connectivity index (χ1) is 11.6. The number of hydrogen-bond acceptors (Lipinski definition) is 4. The van der Waals surface area contributed by atoms with Gasteiger partial charge in [-0.1, -0.05) is 12.1 Å². The molecular formula is C16H15N5O3. The highest BCUT2D eigenvalue weighted by atomic mass is 16.6. The van der Waals surface area contributed by atoms with Gasteiger partial charge in [-0.15, -0.1) is 0 Å². The van der Waals surface area contributed by atoms with Crippen LogP contribution in [-0.2, 0) is 19.5 Å². The van der Waals surface area contributed by atoms with Gasteiger partial charge in [0.1, 0.15) is 17.0 Å². The molecule has 1 amide bonds. The Hall–Kier alpha value is -3.16. The number of amides is 1. The van der Waals surface area contributed by atoms with Crippen molar-refractivity contribution >= 4 is 22.5 Å². The van der Waals surface area contributed by atoms with Crippen LogP contribution in [0.5, 0.6) is 0 Å². The van der Waals surface area contributed by atoms with Gasteiger partial charge < -0.3 is 14.9 Å². The summed E-state index contributed by atoms with van der Waals surface area (Å²) < 4.78 is 2.12. The number of rotatable bonds is 4. The minimum Gasteiger partial charge on any atom is -0.345 e. The van der Waals surface area contributed by atoms with Gasteiger partial charge in [-0.2, -0.15) is 0 Å². The lowest BCUT2D eigenvalue weighted by molar-refractivity contribution is -0.383. The van der Waals surface area contributed by atoms with E-state index in [9.17, 15) is 14.9 Å². The van der Waals surface area contributed by atoms with E-state index in [1.807, 2.05) is 0 Å². The molecule has 0 aliphatic carbocycles. The van der Waals surface area contributed by atoms with Crippen LogP contribution in [0.15, 0.2) is 30.5 Å². The number of fused-ring (bicyclic) bond motifs is 2. The van der Waals surface area contributed by atoms with Crippen LogP contribution in [-0.4, -0.2) is 25.4 Å². The first-order valence-corrected chi connectivity index (χ1v) is 7.71. The normalized spacial score (nSPS) is 13.2. The topological polar surface area (TPSA) is 106 Å². The summed E-state index contributed by atoms with van der Waals surface area (Å²) in [5.74, 6) is 0.759. The van der Waals surface area contributed by atoms with Gasteiger partial charge in [-0.25, -0.2) is 4.98 Å². The molecule has 0 saturated carbocycles. The van der Waals surface area contributed by atoms with Gasteiger partial charge in [0.05, 0.1) is 23.4 Å². The first kappa shape index (κ1) is 14.4. The molecule has 8 heteroatoms. The molecule has 122 valence electrons. The molecule has 8 nitrogen and oxygen atoms in total. The van der Waals surface area contributed by atoms with Gasteiger partial charge in [0.25, 0.3) is 11.6 Å². The van der Waals surface area contributed by atoms with Gasteiger partial charge in [0.2, 0.25) is 0 Å². The highest BCUT2D eigenvalue weighted by Crippen LogP contribution is 2.25. The van der Waals surface area contributed by atoms with Crippen molar-refractivity contribution in [2.75, 3.05) is 0 Å². The highest BCUT2D eigenvalue weighted by molar-refractivity contribution is 6.00. The molecule has 2 N–H and O–H groups in total. The largest absolute Gasteiger partial charge is 0.345 e. The molecule has 0 fully saturated rings. The number of H-pyrrole nitrogens is 1. The Balaban J connectivity index is 1.55. The first-order valence-electron chi connectivity index (χ1n) is 7.71. The number of nitro groups is 1. The molecule has 1 aliphatic rings. The third-order valence-corrected chi connectivity index (χ3v) is 4.31. The molecule has 1 aliphatic heterocycles. The van der Waals surface area contributed by atoms with E-state index in [1.54, 1.807) is 24.4 Å². The van der Waals surface area contributed by atoms with E-state index in [-0.39, 0.29) is 11.6 Å². The van der Waals surface area contributed by atoms with Gasteiger partial charge in [0.15, 0.2) is 0 Å². The number of aryl methyl sites for hydroxylation is 1. The maximum absolute atomic E-state index is 12.3. The second-order valence-electron chi connectivity index (χ2n) is 5.79. The van der Waals surface area contributed by atoms with Gasteiger partial charge in [0, 0.05) is 24.4 Å². The zero-order valence-electron chi connectivity index (χ0n) is 12.8. The average Bonchev–Trinajstić information content (AvgIpc) is 3.26. The molecule has 4 rings (SSSR count). The van der Waals surface area contributed by atoms with E-state index >= 15 is 0 Å². The van der Waals surface area contributed by atoms with Crippen LogP contribution in [0.25, 0.3) is 10.9 Å². The highest BCUT2D eigenvalue weighted by Gasteiger charge is 2.18. The Kier molecular flexibility index (Phi) is 3.30. The van der Waals surface area contributed by atoms with Crippen LogP contribution >= 0.6 is 0 Å². The number of nitrogens with zero attached hydrogens (tertiary/aromatic N) is 3. The van der Waals surface area contributed by atoms with E-state index in [4.69, 9.17) is 0 Å². The average molecular weight is 325 g/mol. The molecule has 3 heterocycles. The Labute approximate surface area is 136 Å². The van der Waals surface area contributed by atoms with Crippen molar-refractivity contribution in [3.05, 3.63) is 57.8 Å². The smallest absolute Gasteiger partial charge is 0.293 e. The van der Waals surface area contributed by atoms with Gasteiger partial charge in [-0.05, 0) is 12.5 Å². The number of nitrogens with one attached hydrogen (secondary N) is 2. The summed E-state index contributed by atoms with van der Waals surface area (Å²) in [6.45, 7) is 1.31. The Morgan fingerprint density at radius 1 is 1.46 bits per heavy atom. The molecule has 0 unspecified atom stereocenters. The van der Waals surface area contributed by atoms with Crippen LogP contribution in [0.1, 0.15) is 28.4 Å². The summed E-state index contributed by atoms with van der Waals surface area (Å²) in [5, 5.41) is 14.5. The fourth-order valence-electron chi connectivity index (χ4n) is 3.14. The van der Waals surface area contributed by atoms with Crippen LogP contribution < -0.4 is 5.32 Å². The number of aromatic nitrogens is 3. The minimum absolute atomic E-state index is 0.0415. The number of hydrogen-bond donors (Lipinski definition) is 2. The second-order valence-corrected chi connectivity index (χ2v) is 5.79. The maximum atomic E-state index is 12.3. The number of carbonyl (C=O) groups is 1. The van der Waals surface area contributed by atoms with E-state index in [0.29, 0.717) is 23.1 Å². The molecule has 24 heavy (non-hydrogen) atoms. The van der Waals surface area contributed by atoms with E-state index in [0.717, 1.165) is 30.9 Å². The minimum atomic E-state index is -0.462. The SMILES string of the molecule is O=C(NCc1cnc2n1CCC2)c1cc2cccc([N+](=O)[O-])c2[nH]1. The van der Waals surface area contributed by atoms with E-state index < -0.39 is 4.92 Å². The van der Waals surface area contributed by atoms with Crippen molar-refractivity contribution in [3.63, 3.8) is 0 Å². The quantitative estimate of drug-likeness (QED) is 0.566. The predicted molar refractivity (Wildman–Crippen MR) is 86.7 cm³/mol. The molecule has 0 spiro atoms. The molecule has 0 saturated heterocycles. The number of carbonyl (C=O) groups excluding carboxylic acids is 1. The molecular weight excluding hydrogens is 310 g/mol. The summed E-state index contributed by atoms with van der Waals surface area (Å²) in [7, 11) is 0. The van der Waals surface area contributed by atoms with Crippen molar-refractivity contribution in [3.8, 4) is 0 Å². The fourth-order valence-corrected chi connectivity index (χ4v) is 3.14. The van der Waals surface area contributed by atoms with Crippen molar-refractivity contribution in [1.82, 2.24) is 19.9 Å². The fraction of sp³-hybridized carbons (Fsp3) is 0.250. The van der Waals surface area contributed by atoms with Crippen molar-refractivity contribution in [2.45, 2.75) is 25.9 Å². The Bertz CT molecular complexity index is 956. The molecule has 0 bridgehead atoms. The lowest BCUT2D eigenvalue weighted by Crippen LogP contribution is -2.24. The van der Waals surface area contributed by atoms with Crippen LogP contribution in [0.2, 0.25) is 0 Å². The second kappa shape index (κ2) is 5.48. The van der Waals surface area contributed by atoms with Crippen molar-refractivity contribution in [2.24, 2.45) is 0 Å². The summed E-state index contributed by atoms with van der Waals surface area (Å²) in [5.41, 5.74) is 1.59. The van der Waals surface area contributed by atoms with Crippen molar-refractivity contribution in [1.29, 1.82) is 0 Å². The molecule has 1 aromatic carbocycles. The number of aromatic amines is 1. The Morgan fingerprint density at radius 3 is 3.17 bits per heavy atom. The Morgan fingerprint density at radius 2 is 2.33 bits per heavy atom. The molecule has 0 radical (unpaired) electrons. The lowest BCUT2D eigenvalue weighted by atomic mass is 10.2. The summed E-state index contributed by atoms with van der Waals surface area (Å²) in [6, 6.07) is 6.37. The van der Waals surface area contributed by atoms with Crippen molar-refractivity contribution < 1.29 is 9.72 Å². The number of imidazole rings is 1. The van der Waals surface area contributed by atoms with E-state index in [1.165, 1.54) is 6.07 Å². The number of benzene rings is 1. The molecule has 0 atom stereocenters. The third kappa shape index (κ3) is 2.32.